The average molecular weight is 184 g/mol. The maximum absolute atomic E-state index is 3.66. The van der Waals surface area contributed by atoms with Gasteiger partial charge < -0.3 is 10.2 Å². The molecular weight excluding hydrogens is 160 g/mol. The summed E-state index contributed by atoms with van der Waals surface area (Å²) < 4.78 is 0. The van der Waals surface area contributed by atoms with E-state index in [0.29, 0.717) is 0 Å². The van der Waals surface area contributed by atoms with Crippen molar-refractivity contribution in [3.63, 3.8) is 0 Å². The lowest BCUT2D eigenvalue weighted by Crippen LogP contribution is -2.32. The van der Waals surface area contributed by atoms with Crippen LogP contribution in [0.5, 0.6) is 0 Å². The molecule has 1 unspecified atom stereocenters. The fourth-order valence-electron chi connectivity index (χ4n) is 1.23. The summed E-state index contributed by atoms with van der Waals surface area (Å²) in [6, 6.07) is 0. The van der Waals surface area contributed by atoms with Gasteiger partial charge in [-0.05, 0) is 13.0 Å². The standard InChI is InChI=1S/C11H24N2/c1-5-7-12-8-9-13(4)10-11(3)6-2/h5,11-12H,1,6-10H2,2-4H3. The van der Waals surface area contributed by atoms with Crippen LogP contribution < -0.4 is 5.32 Å². The van der Waals surface area contributed by atoms with E-state index in [9.17, 15) is 0 Å². The zero-order chi connectivity index (χ0) is 10.1. The zero-order valence-corrected chi connectivity index (χ0v) is 9.34. The minimum Gasteiger partial charge on any atom is -0.312 e. The summed E-state index contributed by atoms with van der Waals surface area (Å²) in [6.07, 6.45) is 3.17. The molecule has 1 atom stereocenters. The summed E-state index contributed by atoms with van der Waals surface area (Å²) >= 11 is 0. The van der Waals surface area contributed by atoms with Gasteiger partial charge in [0.2, 0.25) is 0 Å². The van der Waals surface area contributed by atoms with Gasteiger partial charge in [0.15, 0.2) is 0 Å². The van der Waals surface area contributed by atoms with E-state index in [1.807, 2.05) is 6.08 Å². The third-order valence-electron chi connectivity index (χ3n) is 2.28. The Hall–Kier alpha value is -0.340. The quantitative estimate of drug-likeness (QED) is 0.456. The molecule has 2 heteroatoms. The lowest BCUT2D eigenvalue weighted by Gasteiger charge is -2.20. The van der Waals surface area contributed by atoms with Crippen molar-refractivity contribution in [3.05, 3.63) is 12.7 Å². The highest BCUT2D eigenvalue weighted by Crippen LogP contribution is 2.01. The summed E-state index contributed by atoms with van der Waals surface area (Å²) in [6.45, 7) is 12.5. The molecule has 0 aromatic carbocycles. The van der Waals surface area contributed by atoms with E-state index in [4.69, 9.17) is 0 Å². The first-order valence-corrected chi connectivity index (χ1v) is 5.20. The van der Waals surface area contributed by atoms with Crippen molar-refractivity contribution in [2.24, 2.45) is 5.92 Å². The van der Waals surface area contributed by atoms with E-state index in [-0.39, 0.29) is 0 Å². The van der Waals surface area contributed by atoms with Crippen LogP contribution in [0.2, 0.25) is 0 Å². The molecule has 0 rings (SSSR count). The lowest BCUT2D eigenvalue weighted by atomic mass is 10.1. The minimum atomic E-state index is 0.810. The highest BCUT2D eigenvalue weighted by Gasteiger charge is 2.02. The van der Waals surface area contributed by atoms with Crippen LogP contribution in [-0.2, 0) is 0 Å². The van der Waals surface area contributed by atoms with Crippen molar-refractivity contribution in [3.8, 4) is 0 Å². The second-order valence-electron chi connectivity index (χ2n) is 3.77. The van der Waals surface area contributed by atoms with Crippen LogP contribution in [0.3, 0.4) is 0 Å². The SMILES string of the molecule is C=CCNCCN(C)CC(C)CC. The monoisotopic (exact) mass is 184 g/mol. The van der Waals surface area contributed by atoms with Crippen LogP contribution in [0.4, 0.5) is 0 Å². The highest BCUT2D eigenvalue weighted by atomic mass is 15.1. The van der Waals surface area contributed by atoms with Crippen molar-refractivity contribution in [2.45, 2.75) is 20.3 Å². The van der Waals surface area contributed by atoms with Gasteiger partial charge in [-0.25, -0.2) is 0 Å². The molecule has 0 amide bonds. The van der Waals surface area contributed by atoms with Gasteiger partial charge in [-0.1, -0.05) is 26.3 Å². The van der Waals surface area contributed by atoms with Gasteiger partial charge in [-0.3, -0.25) is 0 Å². The Morgan fingerprint density at radius 3 is 2.77 bits per heavy atom. The normalized spacial score (nSPS) is 13.2. The van der Waals surface area contributed by atoms with Crippen molar-refractivity contribution in [2.75, 3.05) is 33.2 Å². The highest BCUT2D eigenvalue weighted by molar-refractivity contribution is 4.70. The van der Waals surface area contributed by atoms with Gasteiger partial charge in [-0.2, -0.15) is 0 Å². The fraction of sp³-hybridized carbons (Fsp3) is 0.818. The molecule has 1 N–H and O–H groups in total. The predicted octanol–water partition coefficient (Wildman–Crippen LogP) is 1.74. The first kappa shape index (κ1) is 12.7. The van der Waals surface area contributed by atoms with E-state index >= 15 is 0 Å². The molecule has 13 heavy (non-hydrogen) atoms. The Labute approximate surface area is 83.0 Å². The first-order chi connectivity index (χ1) is 6.20. The van der Waals surface area contributed by atoms with E-state index in [1.54, 1.807) is 0 Å². The molecule has 0 spiro atoms. The van der Waals surface area contributed by atoms with Crippen molar-refractivity contribution in [1.82, 2.24) is 10.2 Å². The van der Waals surface area contributed by atoms with Gasteiger partial charge in [0.1, 0.15) is 0 Å². The maximum Gasteiger partial charge on any atom is 0.0132 e. The molecule has 2 nitrogen and oxygen atoms in total. The van der Waals surface area contributed by atoms with Gasteiger partial charge in [-0.15, -0.1) is 6.58 Å². The molecule has 0 aliphatic heterocycles. The molecule has 0 saturated carbocycles. The molecule has 0 aliphatic rings. The van der Waals surface area contributed by atoms with Gasteiger partial charge in [0, 0.05) is 26.2 Å². The molecule has 0 aromatic heterocycles. The average Bonchev–Trinajstić information content (AvgIpc) is 2.12. The molecule has 0 saturated heterocycles. The van der Waals surface area contributed by atoms with E-state index in [1.165, 1.54) is 13.0 Å². The Balaban J connectivity index is 3.29. The summed E-state index contributed by atoms with van der Waals surface area (Å²) in [4.78, 5) is 2.38. The Kier molecular flexibility index (Phi) is 8.05. The Morgan fingerprint density at radius 2 is 2.23 bits per heavy atom. The Bertz CT molecular complexity index is 123. The number of nitrogens with zero attached hydrogens (tertiary/aromatic N) is 1. The zero-order valence-electron chi connectivity index (χ0n) is 9.34. The lowest BCUT2D eigenvalue weighted by molar-refractivity contribution is 0.283. The number of hydrogen-bond donors (Lipinski definition) is 1. The number of likely N-dealkylation sites (N-methyl/N-ethyl adjacent to an activating group) is 1. The smallest absolute Gasteiger partial charge is 0.0132 e. The summed E-state index contributed by atoms with van der Waals surface area (Å²) in [5, 5.41) is 3.30. The van der Waals surface area contributed by atoms with E-state index in [0.717, 1.165) is 25.6 Å². The van der Waals surface area contributed by atoms with Crippen LogP contribution in [0.15, 0.2) is 12.7 Å². The second kappa shape index (κ2) is 8.27. The van der Waals surface area contributed by atoms with Gasteiger partial charge in [0.05, 0.1) is 0 Å². The molecule has 0 radical (unpaired) electrons. The van der Waals surface area contributed by atoms with Crippen molar-refractivity contribution in [1.29, 1.82) is 0 Å². The third-order valence-corrected chi connectivity index (χ3v) is 2.28. The summed E-state index contributed by atoms with van der Waals surface area (Å²) in [5.74, 6) is 0.810. The minimum absolute atomic E-state index is 0.810. The number of nitrogens with one attached hydrogen (secondary N) is 1. The number of hydrogen-bond acceptors (Lipinski definition) is 2. The second-order valence-corrected chi connectivity index (χ2v) is 3.77. The van der Waals surface area contributed by atoms with Crippen LogP contribution >= 0.6 is 0 Å². The summed E-state index contributed by atoms with van der Waals surface area (Å²) in [7, 11) is 2.18. The van der Waals surface area contributed by atoms with E-state index in [2.05, 4.69) is 37.7 Å². The van der Waals surface area contributed by atoms with Crippen LogP contribution in [0, 0.1) is 5.92 Å². The molecule has 0 aliphatic carbocycles. The first-order valence-electron chi connectivity index (χ1n) is 5.20. The third kappa shape index (κ3) is 8.00. The largest absolute Gasteiger partial charge is 0.312 e. The Morgan fingerprint density at radius 1 is 1.54 bits per heavy atom. The molecular formula is C11H24N2. The molecule has 0 fully saturated rings. The summed E-state index contributed by atoms with van der Waals surface area (Å²) in [5.41, 5.74) is 0. The molecule has 0 bridgehead atoms. The van der Waals surface area contributed by atoms with Crippen LogP contribution in [-0.4, -0.2) is 38.1 Å². The number of rotatable bonds is 8. The topological polar surface area (TPSA) is 15.3 Å². The van der Waals surface area contributed by atoms with Gasteiger partial charge in [0.25, 0.3) is 0 Å². The molecule has 0 aromatic rings. The predicted molar refractivity (Wildman–Crippen MR) is 60.0 cm³/mol. The maximum atomic E-state index is 3.66. The molecule has 0 heterocycles. The van der Waals surface area contributed by atoms with E-state index < -0.39 is 0 Å². The van der Waals surface area contributed by atoms with Crippen LogP contribution in [0.25, 0.3) is 0 Å². The van der Waals surface area contributed by atoms with Gasteiger partial charge >= 0.3 is 0 Å². The fourth-order valence-corrected chi connectivity index (χ4v) is 1.23. The van der Waals surface area contributed by atoms with Crippen molar-refractivity contribution < 1.29 is 0 Å². The molecule has 78 valence electrons. The van der Waals surface area contributed by atoms with Crippen molar-refractivity contribution >= 4 is 0 Å². The van der Waals surface area contributed by atoms with Crippen LogP contribution in [0.1, 0.15) is 20.3 Å².